The van der Waals surface area contributed by atoms with Crippen molar-refractivity contribution < 1.29 is 9.59 Å². The van der Waals surface area contributed by atoms with Crippen molar-refractivity contribution in [1.29, 1.82) is 0 Å². The van der Waals surface area contributed by atoms with Crippen molar-refractivity contribution in [1.82, 2.24) is 19.9 Å². The second-order valence-corrected chi connectivity index (χ2v) is 7.79. The third kappa shape index (κ3) is 4.58. The first-order valence-corrected chi connectivity index (χ1v) is 10.9. The Labute approximate surface area is 200 Å². The number of aromatic nitrogens is 4. The van der Waals surface area contributed by atoms with E-state index >= 15 is 0 Å². The number of fused-ring (bicyclic) bond motifs is 1. The molecule has 3 aromatic heterocycles. The van der Waals surface area contributed by atoms with Crippen molar-refractivity contribution in [3.05, 3.63) is 103 Å². The van der Waals surface area contributed by atoms with E-state index in [2.05, 4.69) is 15.3 Å². The van der Waals surface area contributed by atoms with Crippen molar-refractivity contribution in [3.63, 3.8) is 0 Å². The number of hydrogen-bond donors (Lipinski definition) is 2. The molecule has 0 aliphatic rings. The second-order valence-electron chi connectivity index (χ2n) is 7.79. The molecule has 2 aromatic carbocycles. The number of carbonyl (C=O) groups excluding carboxylic acids is 2. The van der Waals surface area contributed by atoms with Crippen LogP contribution in [0.4, 0.5) is 5.82 Å². The van der Waals surface area contributed by atoms with Gasteiger partial charge in [-0.3, -0.25) is 19.6 Å². The Kier molecular flexibility index (Phi) is 5.92. The Morgan fingerprint density at radius 2 is 1.69 bits per heavy atom. The van der Waals surface area contributed by atoms with E-state index in [9.17, 15) is 9.59 Å². The van der Waals surface area contributed by atoms with Crippen LogP contribution >= 0.6 is 0 Å². The summed E-state index contributed by atoms with van der Waals surface area (Å²) in [6, 6.07) is 23.1. The topological polar surface area (TPSA) is 124 Å². The quantitative estimate of drug-likeness (QED) is 0.277. The van der Waals surface area contributed by atoms with E-state index < -0.39 is 11.7 Å². The molecule has 0 radical (unpaired) electrons. The summed E-state index contributed by atoms with van der Waals surface area (Å²) in [7, 11) is 0. The lowest BCUT2D eigenvalue weighted by atomic mass is 10.0. The number of hydrogen-bond acceptors (Lipinski definition) is 7. The van der Waals surface area contributed by atoms with Gasteiger partial charge < -0.3 is 11.1 Å². The number of amides is 1. The first kappa shape index (κ1) is 21.8. The maximum Gasteiger partial charge on any atom is 0.289 e. The molecule has 5 aromatic rings. The van der Waals surface area contributed by atoms with Crippen LogP contribution in [0.25, 0.3) is 33.4 Å². The van der Waals surface area contributed by atoms with Gasteiger partial charge in [0.05, 0.1) is 23.1 Å². The van der Waals surface area contributed by atoms with E-state index in [1.165, 1.54) is 12.3 Å². The standard InChI is InChI=1S/C27H20N6O2/c28-25(35)24(34)18-13-19(15-29-14-18)26-32-22-11-6-10-21(17-7-2-1-3-8-17)23(22)27(33-26)31-16-20-9-4-5-12-30-20/h1-15H,16H2,(H2,28,35)(H,31,32,33). The van der Waals surface area contributed by atoms with Crippen LogP contribution in [0.3, 0.4) is 0 Å². The average molecular weight is 460 g/mol. The maximum atomic E-state index is 12.1. The highest BCUT2D eigenvalue weighted by Gasteiger charge is 2.17. The van der Waals surface area contributed by atoms with Gasteiger partial charge in [0, 0.05) is 29.7 Å². The molecule has 0 aliphatic heterocycles. The zero-order chi connectivity index (χ0) is 24.2. The minimum atomic E-state index is -1.05. The molecular weight excluding hydrogens is 440 g/mol. The number of nitrogens with zero attached hydrogens (tertiary/aromatic N) is 4. The summed E-state index contributed by atoms with van der Waals surface area (Å²) in [4.78, 5) is 41.5. The molecule has 0 spiro atoms. The fourth-order valence-electron chi connectivity index (χ4n) is 3.80. The zero-order valence-electron chi connectivity index (χ0n) is 18.6. The Bertz CT molecular complexity index is 1540. The molecule has 5 rings (SSSR count). The third-order valence-electron chi connectivity index (χ3n) is 5.45. The minimum absolute atomic E-state index is 0.0831. The van der Waals surface area contributed by atoms with Crippen LogP contribution in [0, 0.1) is 0 Å². The van der Waals surface area contributed by atoms with Crippen LogP contribution < -0.4 is 11.1 Å². The van der Waals surface area contributed by atoms with E-state index in [1.54, 1.807) is 12.4 Å². The summed E-state index contributed by atoms with van der Waals surface area (Å²) in [5.41, 5.74) is 9.32. The molecule has 0 saturated heterocycles. The van der Waals surface area contributed by atoms with E-state index in [0.29, 0.717) is 29.3 Å². The molecule has 170 valence electrons. The lowest BCUT2D eigenvalue weighted by Gasteiger charge is -2.14. The fourth-order valence-corrected chi connectivity index (χ4v) is 3.80. The molecular formula is C27H20N6O2. The van der Waals surface area contributed by atoms with Gasteiger partial charge in [0.2, 0.25) is 0 Å². The number of carbonyl (C=O) groups is 2. The van der Waals surface area contributed by atoms with Crippen molar-refractivity contribution in [2.24, 2.45) is 5.73 Å². The van der Waals surface area contributed by atoms with Crippen molar-refractivity contribution in [2.45, 2.75) is 6.54 Å². The summed E-state index contributed by atoms with van der Waals surface area (Å²) in [5.74, 6) is -0.895. The predicted octanol–water partition coefficient (Wildman–Crippen LogP) is 4.03. The number of primary amides is 1. The molecule has 35 heavy (non-hydrogen) atoms. The van der Waals surface area contributed by atoms with Gasteiger partial charge in [-0.15, -0.1) is 0 Å². The normalized spacial score (nSPS) is 10.7. The SMILES string of the molecule is NC(=O)C(=O)c1cncc(-c2nc(NCc3ccccn3)c3c(-c4ccccc4)cccc3n2)c1. The van der Waals surface area contributed by atoms with Gasteiger partial charge in [0.15, 0.2) is 5.82 Å². The van der Waals surface area contributed by atoms with Gasteiger partial charge in [-0.25, -0.2) is 9.97 Å². The van der Waals surface area contributed by atoms with E-state index in [4.69, 9.17) is 15.7 Å². The monoisotopic (exact) mass is 460 g/mol. The summed E-state index contributed by atoms with van der Waals surface area (Å²) in [6.07, 6.45) is 4.58. The minimum Gasteiger partial charge on any atom is -0.364 e. The molecule has 0 aliphatic carbocycles. The number of nitrogens with one attached hydrogen (secondary N) is 1. The van der Waals surface area contributed by atoms with Gasteiger partial charge in [-0.05, 0) is 35.4 Å². The average Bonchev–Trinajstić information content (AvgIpc) is 2.92. The third-order valence-corrected chi connectivity index (χ3v) is 5.45. The summed E-state index contributed by atoms with van der Waals surface area (Å²) < 4.78 is 0. The smallest absolute Gasteiger partial charge is 0.289 e. The second kappa shape index (κ2) is 9.48. The first-order chi connectivity index (χ1) is 17.1. The highest BCUT2D eigenvalue weighted by molar-refractivity contribution is 6.42. The van der Waals surface area contributed by atoms with Crippen LogP contribution in [0.1, 0.15) is 16.1 Å². The van der Waals surface area contributed by atoms with Gasteiger partial charge in [-0.1, -0.05) is 48.5 Å². The van der Waals surface area contributed by atoms with Crippen molar-refractivity contribution in [2.75, 3.05) is 5.32 Å². The van der Waals surface area contributed by atoms with Crippen molar-refractivity contribution in [3.8, 4) is 22.5 Å². The van der Waals surface area contributed by atoms with E-state index in [1.807, 2.05) is 66.7 Å². The molecule has 0 saturated carbocycles. The first-order valence-electron chi connectivity index (χ1n) is 10.9. The Balaban J connectivity index is 1.66. The molecule has 3 N–H and O–H groups in total. The van der Waals surface area contributed by atoms with Gasteiger partial charge in [0.1, 0.15) is 5.82 Å². The molecule has 0 fully saturated rings. The number of nitrogens with two attached hydrogens (primary N) is 1. The highest BCUT2D eigenvalue weighted by Crippen LogP contribution is 2.34. The Morgan fingerprint density at radius 3 is 2.46 bits per heavy atom. The van der Waals surface area contributed by atoms with E-state index in [0.717, 1.165) is 22.2 Å². The molecule has 8 nitrogen and oxygen atoms in total. The zero-order valence-corrected chi connectivity index (χ0v) is 18.6. The Morgan fingerprint density at radius 1 is 0.857 bits per heavy atom. The Hall–Kier alpha value is -4.98. The molecule has 0 bridgehead atoms. The lowest BCUT2D eigenvalue weighted by molar-refractivity contribution is -0.114. The number of ketones is 1. The number of Topliss-reactive ketones (excluding diaryl/α,β-unsaturated/α-hetero) is 1. The number of benzene rings is 2. The summed E-state index contributed by atoms with van der Waals surface area (Å²) in [5, 5.41) is 4.26. The van der Waals surface area contributed by atoms with Crippen LogP contribution in [0.5, 0.6) is 0 Å². The van der Waals surface area contributed by atoms with Crippen LogP contribution in [0.15, 0.2) is 91.4 Å². The molecule has 8 heteroatoms. The summed E-state index contributed by atoms with van der Waals surface area (Å²) >= 11 is 0. The number of anilines is 1. The lowest BCUT2D eigenvalue weighted by Crippen LogP contribution is -2.23. The number of rotatable bonds is 7. The van der Waals surface area contributed by atoms with Crippen LogP contribution in [-0.2, 0) is 11.3 Å². The fraction of sp³-hybridized carbons (Fsp3) is 0.0370. The molecule has 0 atom stereocenters. The molecule has 3 heterocycles. The predicted molar refractivity (Wildman–Crippen MR) is 133 cm³/mol. The van der Waals surface area contributed by atoms with Gasteiger partial charge >= 0.3 is 0 Å². The molecule has 1 amide bonds. The highest BCUT2D eigenvalue weighted by atomic mass is 16.2. The summed E-state index contributed by atoms with van der Waals surface area (Å²) in [6.45, 7) is 0.452. The molecule has 0 unspecified atom stereocenters. The number of pyridine rings is 2. The van der Waals surface area contributed by atoms with Crippen molar-refractivity contribution >= 4 is 28.4 Å². The van der Waals surface area contributed by atoms with Gasteiger partial charge in [-0.2, -0.15) is 0 Å². The van der Waals surface area contributed by atoms with E-state index in [-0.39, 0.29) is 5.56 Å². The van der Waals surface area contributed by atoms with Crippen LogP contribution in [-0.4, -0.2) is 31.6 Å². The maximum absolute atomic E-state index is 12.1. The van der Waals surface area contributed by atoms with Gasteiger partial charge in [0.25, 0.3) is 11.7 Å². The largest absolute Gasteiger partial charge is 0.364 e. The van der Waals surface area contributed by atoms with Crippen LogP contribution in [0.2, 0.25) is 0 Å².